The summed E-state index contributed by atoms with van der Waals surface area (Å²) in [6, 6.07) is 3.50. The molecule has 16 heteroatoms. The molecule has 0 bridgehead atoms. The van der Waals surface area contributed by atoms with Gasteiger partial charge in [0.05, 0.1) is 24.5 Å². The molecule has 0 radical (unpaired) electrons. The highest BCUT2D eigenvalue weighted by Gasteiger charge is 2.35. The highest BCUT2D eigenvalue weighted by molar-refractivity contribution is 7.04. The molecule has 1 aliphatic heterocycles. The molecule has 37 heavy (non-hydrogen) atoms. The fourth-order valence-electron chi connectivity index (χ4n) is 3.49. The van der Waals surface area contributed by atoms with Gasteiger partial charge in [0.15, 0.2) is 23.1 Å². The van der Waals surface area contributed by atoms with Crippen LogP contribution in [-0.4, -0.2) is 57.1 Å². The van der Waals surface area contributed by atoms with Crippen LogP contribution in [-0.2, 0) is 6.18 Å². The van der Waals surface area contributed by atoms with Crippen molar-refractivity contribution in [2.45, 2.75) is 24.9 Å². The molecule has 1 amide bonds. The third kappa shape index (κ3) is 7.03. The number of nitrogens with one attached hydrogen (secondary N) is 2. The molecule has 1 aromatic carbocycles. The van der Waals surface area contributed by atoms with E-state index in [2.05, 4.69) is 25.0 Å². The lowest BCUT2D eigenvalue weighted by Crippen LogP contribution is -2.33. The molecule has 3 heterocycles. The highest BCUT2D eigenvalue weighted by atomic mass is 32.1. The van der Waals surface area contributed by atoms with Crippen molar-refractivity contribution in [3.63, 3.8) is 0 Å². The topological polar surface area (TPSA) is 92.3 Å². The second-order valence-corrected chi connectivity index (χ2v) is 8.59. The molecule has 0 aliphatic carbocycles. The molecule has 0 spiro atoms. The molecular formula is C21H17F7N6O2S. The summed E-state index contributed by atoms with van der Waals surface area (Å²) in [5, 5.41) is 6.52. The van der Waals surface area contributed by atoms with Crippen LogP contribution in [0.2, 0.25) is 0 Å². The molecule has 0 saturated carbocycles. The number of benzene rings is 1. The molecule has 1 saturated heterocycles. The van der Waals surface area contributed by atoms with E-state index in [9.17, 15) is 35.5 Å². The summed E-state index contributed by atoms with van der Waals surface area (Å²) in [5.41, 5.74) is -1.02. The summed E-state index contributed by atoms with van der Waals surface area (Å²) < 4.78 is 99.5. The summed E-state index contributed by atoms with van der Waals surface area (Å²) in [6.07, 6.45) is -8.03. The van der Waals surface area contributed by atoms with Gasteiger partial charge in [0.2, 0.25) is 0 Å². The molecule has 1 atom stereocenters. The first-order chi connectivity index (χ1) is 17.4. The number of amides is 1. The Bertz CT molecular complexity index is 1250. The number of carbonyl (C=O) groups is 1. The summed E-state index contributed by atoms with van der Waals surface area (Å²) in [5.74, 6) is -1.75. The predicted octanol–water partition coefficient (Wildman–Crippen LogP) is 5.10. The number of ether oxygens (including phenoxy) is 1. The number of aromatic nitrogens is 3. The molecule has 3 aromatic rings. The fourth-order valence-corrected chi connectivity index (χ4v) is 4.11. The van der Waals surface area contributed by atoms with E-state index >= 15 is 0 Å². The molecule has 2 N–H and O–H groups in total. The number of anilines is 3. The standard InChI is InChI=1S/C21H17F7N6O2S/c22-14-2-1-11(5-15(14)36-12-3-4-34(8-12)10-20(23,24)25)31-19(35)13-9-37-33-18(13)32-17-7-29-16(6-30-17)21(26,27)28/h1-2,5-7,9,12H,3-4,8,10H2,(H,31,35)(H,30,32,33)/t12-/m1/s1. The van der Waals surface area contributed by atoms with E-state index in [0.29, 0.717) is 6.20 Å². The zero-order chi connectivity index (χ0) is 26.8. The number of alkyl halides is 6. The molecular weight excluding hydrogens is 533 g/mol. The Morgan fingerprint density at radius 1 is 1.16 bits per heavy atom. The molecule has 2 aromatic heterocycles. The third-order valence-corrected chi connectivity index (χ3v) is 5.75. The van der Waals surface area contributed by atoms with E-state index in [-0.39, 0.29) is 48.1 Å². The molecule has 4 rings (SSSR count). The van der Waals surface area contributed by atoms with Crippen molar-refractivity contribution in [2.24, 2.45) is 0 Å². The number of nitrogens with zero attached hydrogens (tertiary/aromatic N) is 4. The molecule has 8 nitrogen and oxygen atoms in total. The monoisotopic (exact) mass is 550 g/mol. The van der Waals surface area contributed by atoms with Crippen molar-refractivity contribution in [1.82, 2.24) is 19.2 Å². The quantitative estimate of drug-likeness (QED) is 0.396. The maximum atomic E-state index is 14.3. The van der Waals surface area contributed by atoms with Gasteiger partial charge in [-0.05, 0) is 30.1 Å². The van der Waals surface area contributed by atoms with E-state index < -0.39 is 42.4 Å². The average Bonchev–Trinajstić information content (AvgIpc) is 3.44. The van der Waals surface area contributed by atoms with Crippen LogP contribution in [0.15, 0.2) is 36.0 Å². The Hall–Kier alpha value is -3.53. The first-order valence-corrected chi connectivity index (χ1v) is 11.4. The van der Waals surface area contributed by atoms with E-state index in [4.69, 9.17) is 4.74 Å². The van der Waals surface area contributed by atoms with Gasteiger partial charge in [-0.15, -0.1) is 0 Å². The van der Waals surface area contributed by atoms with Gasteiger partial charge in [0, 0.05) is 30.2 Å². The Morgan fingerprint density at radius 2 is 1.95 bits per heavy atom. The number of likely N-dealkylation sites (tertiary alicyclic amines) is 1. The van der Waals surface area contributed by atoms with Crippen molar-refractivity contribution < 1.29 is 40.3 Å². The van der Waals surface area contributed by atoms with Gasteiger partial charge in [-0.25, -0.2) is 14.4 Å². The van der Waals surface area contributed by atoms with Crippen LogP contribution in [0.25, 0.3) is 0 Å². The van der Waals surface area contributed by atoms with E-state index in [0.717, 1.165) is 28.7 Å². The van der Waals surface area contributed by atoms with Gasteiger partial charge in [0.25, 0.3) is 5.91 Å². The van der Waals surface area contributed by atoms with Crippen LogP contribution in [0.5, 0.6) is 5.75 Å². The molecule has 1 fully saturated rings. The Labute approximate surface area is 208 Å². The van der Waals surface area contributed by atoms with Crippen LogP contribution in [0, 0.1) is 5.82 Å². The van der Waals surface area contributed by atoms with Crippen LogP contribution in [0.1, 0.15) is 22.5 Å². The normalized spacial score (nSPS) is 16.6. The summed E-state index contributed by atoms with van der Waals surface area (Å²) in [6.45, 7) is -0.973. The maximum absolute atomic E-state index is 14.3. The van der Waals surface area contributed by atoms with Crippen molar-refractivity contribution in [2.75, 3.05) is 30.3 Å². The number of halogens is 7. The first-order valence-electron chi connectivity index (χ1n) is 10.5. The van der Waals surface area contributed by atoms with Gasteiger partial charge in [-0.1, -0.05) is 0 Å². The lowest BCUT2D eigenvalue weighted by atomic mass is 10.2. The predicted molar refractivity (Wildman–Crippen MR) is 118 cm³/mol. The molecule has 0 unspecified atom stereocenters. The lowest BCUT2D eigenvalue weighted by Gasteiger charge is -2.18. The van der Waals surface area contributed by atoms with Gasteiger partial charge < -0.3 is 15.4 Å². The largest absolute Gasteiger partial charge is 0.486 e. The summed E-state index contributed by atoms with van der Waals surface area (Å²) in [4.78, 5) is 20.8. The zero-order valence-electron chi connectivity index (χ0n) is 18.5. The van der Waals surface area contributed by atoms with E-state index in [1.54, 1.807) is 0 Å². The van der Waals surface area contributed by atoms with Crippen LogP contribution < -0.4 is 15.4 Å². The second-order valence-electron chi connectivity index (χ2n) is 7.96. The Kier molecular flexibility index (Phi) is 7.49. The Balaban J connectivity index is 1.40. The number of rotatable bonds is 7. The lowest BCUT2D eigenvalue weighted by molar-refractivity contribution is -0.144. The van der Waals surface area contributed by atoms with Crippen LogP contribution >= 0.6 is 11.5 Å². The highest BCUT2D eigenvalue weighted by Crippen LogP contribution is 2.29. The minimum atomic E-state index is -4.66. The van der Waals surface area contributed by atoms with E-state index in [1.165, 1.54) is 17.5 Å². The minimum Gasteiger partial charge on any atom is -0.486 e. The second kappa shape index (κ2) is 10.5. The van der Waals surface area contributed by atoms with Crippen molar-refractivity contribution in [3.05, 3.63) is 53.0 Å². The van der Waals surface area contributed by atoms with Gasteiger partial charge in [0.1, 0.15) is 11.9 Å². The third-order valence-electron chi connectivity index (χ3n) is 5.12. The van der Waals surface area contributed by atoms with Crippen LogP contribution in [0.4, 0.5) is 48.1 Å². The summed E-state index contributed by atoms with van der Waals surface area (Å²) in [7, 11) is 0. The zero-order valence-corrected chi connectivity index (χ0v) is 19.3. The number of hydrogen-bond donors (Lipinski definition) is 2. The van der Waals surface area contributed by atoms with Crippen LogP contribution in [0.3, 0.4) is 0 Å². The van der Waals surface area contributed by atoms with Crippen molar-refractivity contribution in [3.8, 4) is 5.75 Å². The fraction of sp³-hybridized carbons (Fsp3) is 0.333. The van der Waals surface area contributed by atoms with Gasteiger partial charge >= 0.3 is 12.4 Å². The SMILES string of the molecule is O=C(Nc1ccc(F)c(O[C@@H]2CCN(CC(F)(F)F)C2)c1)c1csnc1Nc1cnc(C(F)(F)F)cn1. The smallest absolute Gasteiger partial charge is 0.434 e. The van der Waals surface area contributed by atoms with E-state index in [1.807, 2.05) is 0 Å². The molecule has 1 aliphatic rings. The van der Waals surface area contributed by atoms with Gasteiger partial charge in [-0.3, -0.25) is 9.69 Å². The maximum Gasteiger partial charge on any atom is 0.434 e. The van der Waals surface area contributed by atoms with Crippen molar-refractivity contribution in [1.29, 1.82) is 0 Å². The van der Waals surface area contributed by atoms with Gasteiger partial charge in [-0.2, -0.15) is 30.7 Å². The molecule has 198 valence electrons. The minimum absolute atomic E-state index is 0.00542. The summed E-state index contributed by atoms with van der Waals surface area (Å²) >= 11 is 0.892. The average molecular weight is 550 g/mol. The Morgan fingerprint density at radius 3 is 2.62 bits per heavy atom. The van der Waals surface area contributed by atoms with Crippen molar-refractivity contribution >= 4 is 34.8 Å². The number of carbonyl (C=O) groups excluding carboxylic acids is 1. The first kappa shape index (κ1) is 26.5. The number of hydrogen-bond acceptors (Lipinski definition) is 8.